The van der Waals surface area contributed by atoms with E-state index in [0.29, 0.717) is 30.9 Å². The number of ether oxygens (including phenoxy) is 1. The summed E-state index contributed by atoms with van der Waals surface area (Å²) in [7, 11) is 1.61. The number of piperidine rings is 1. The maximum Gasteiger partial charge on any atom is 0.334 e. The van der Waals surface area contributed by atoms with Crippen LogP contribution in [0.3, 0.4) is 0 Å². The second kappa shape index (κ2) is 7.75. The van der Waals surface area contributed by atoms with Crippen LogP contribution in [-0.4, -0.2) is 45.1 Å². The normalized spacial score (nSPS) is 19.6. The van der Waals surface area contributed by atoms with Crippen molar-refractivity contribution >= 4 is 22.5 Å². The largest absolute Gasteiger partial charge is 0.497 e. The summed E-state index contributed by atoms with van der Waals surface area (Å²) in [6.45, 7) is 5.54. The van der Waals surface area contributed by atoms with Crippen LogP contribution >= 0.6 is 0 Å². The molecule has 9 nitrogen and oxygen atoms in total. The molecule has 0 saturated carbocycles. The van der Waals surface area contributed by atoms with Crippen LogP contribution in [-0.2, 0) is 6.54 Å². The Labute approximate surface area is 190 Å². The number of fused-ring (bicyclic) bond motifs is 5. The highest BCUT2D eigenvalue weighted by Crippen LogP contribution is 2.37. The van der Waals surface area contributed by atoms with E-state index in [1.165, 1.54) is 10.6 Å². The van der Waals surface area contributed by atoms with Gasteiger partial charge >= 0.3 is 11.2 Å². The van der Waals surface area contributed by atoms with Gasteiger partial charge in [-0.1, -0.05) is 0 Å². The summed E-state index contributed by atoms with van der Waals surface area (Å²) in [5.74, 6) is 0.708. The second-order valence-corrected chi connectivity index (χ2v) is 9.25. The van der Waals surface area contributed by atoms with Crippen molar-refractivity contribution in [3.05, 3.63) is 68.3 Å². The van der Waals surface area contributed by atoms with Gasteiger partial charge in [-0.15, -0.1) is 0 Å². The van der Waals surface area contributed by atoms with Gasteiger partial charge in [0.15, 0.2) is 0 Å². The van der Waals surface area contributed by atoms with Crippen LogP contribution in [0.1, 0.15) is 48.3 Å². The van der Waals surface area contributed by atoms with E-state index in [0.717, 1.165) is 23.0 Å². The summed E-state index contributed by atoms with van der Waals surface area (Å²) >= 11 is 0. The smallest absolute Gasteiger partial charge is 0.334 e. The third-order valence-electron chi connectivity index (χ3n) is 6.90. The van der Waals surface area contributed by atoms with Gasteiger partial charge in [0.2, 0.25) is 0 Å². The van der Waals surface area contributed by atoms with Crippen molar-refractivity contribution < 1.29 is 14.5 Å². The molecule has 1 aromatic carbocycles. The van der Waals surface area contributed by atoms with Crippen molar-refractivity contribution in [2.75, 3.05) is 20.2 Å². The molecule has 2 aromatic heterocycles. The van der Waals surface area contributed by atoms with Crippen LogP contribution in [0.15, 0.2) is 41.3 Å². The van der Waals surface area contributed by atoms with Crippen molar-refractivity contribution in [3.63, 3.8) is 0 Å². The fourth-order valence-corrected chi connectivity index (χ4v) is 5.37. The van der Waals surface area contributed by atoms with Gasteiger partial charge in [0.25, 0.3) is 5.91 Å². The molecule has 5 rings (SSSR count). The van der Waals surface area contributed by atoms with Crippen molar-refractivity contribution in [1.29, 1.82) is 0 Å². The highest BCUT2D eigenvalue weighted by Gasteiger charge is 2.38. The number of nitro groups is 1. The number of nitrogens with zero attached hydrogens (tertiary/aromatic N) is 4. The number of aromatic nitrogens is 2. The fraction of sp³-hybridized carbons (Fsp3) is 0.417. The number of amides is 1. The van der Waals surface area contributed by atoms with Crippen LogP contribution in [0.4, 0.5) is 5.69 Å². The topological polar surface area (TPSA) is 99.6 Å². The van der Waals surface area contributed by atoms with Gasteiger partial charge in [0.1, 0.15) is 5.75 Å². The van der Waals surface area contributed by atoms with Crippen LogP contribution < -0.4 is 10.3 Å². The van der Waals surface area contributed by atoms with E-state index >= 15 is 0 Å². The summed E-state index contributed by atoms with van der Waals surface area (Å²) in [4.78, 5) is 38.8. The van der Waals surface area contributed by atoms with Gasteiger partial charge in [-0.2, -0.15) is 0 Å². The first-order valence-corrected chi connectivity index (χ1v) is 11.1. The predicted molar refractivity (Wildman–Crippen MR) is 123 cm³/mol. The highest BCUT2D eigenvalue weighted by atomic mass is 16.6. The molecule has 0 radical (unpaired) electrons. The highest BCUT2D eigenvalue weighted by molar-refractivity contribution is 6.07. The molecule has 2 aliphatic rings. The Morgan fingerprint density at radius 1 is 1.18 bits per heavy atom. The maximum absolute atomic E-state index is 13.7. The Bertz CT molecular complexity index is 1340. The minimum atomic E-state index is -0.630. The summed E-state index contributed by atoms with van der Waals surface area (Å²) in [5.41, 5.74) is 1.43. The molecule has 2 atom stereocenters. The van der Waals surface area contributed by atoms with E-state index in [-0.39, 0.29) is 23.8 Å². The van der Waals surface area contributed by atoms with Crippen molar-refractivity contribution in [2.45, 2.75) is 38.8 Å². The number of rotatable bonds is 4. The Hall–Kier alpha value is -3.62. The van der Waals surface area contributed by atoms with E-state index in [2.05, 4.69) is 18.4 Å². The molecule has 1 unspecified atom stereocenters. The molecule has 0 N–H and O–H groups in total. The summed E-state index contributed by atoms with van der Waals surface area (Å²) < 4.78 is 9.03. The first kappa shape index (κ1) is 21.2. The Balaban J connectivity index is 1.51. The summed E-state index contributed by atoms with van der Waals surface area (Å²) in [5, 5.41) is 12.0. The molecule has 0 aliphatic carbocycles. The van der Waals surface area contributed by atoms with Gasteiger partial charge in [-0.05, 0) is 50.5 Å². The molecule has 33 heavy (non-hydrogen) atoms. The monoisotopic (exact) mass is 450 g/mol. The Kier molecular flexibility index (Phi) is 4.99. The number of pyridine rings is 1. The lowest BCUT2D eigenvalue weighted by Gasteiger charge is -2.42. The van der Waals surface area contributed by atoms with Gasteiger partial charge < -0.3 is 18.8 Å². The number of hydrogen-bond donors (Lipinski definition) is 0. The lowest BCUT2D eigenvalue weighted by atomic mass is 9.83. The number of methoxy groups -OCH3 is 1. The van der Waals surface area contributed by atoms with Crippen LogP contribution in [0.25, 0.3) is 10.9 Å². The molecule has 2 bridgehead atoms. The molecule has 172 valence electrons. The number of carbonyl (C=O) groups excluding carboxylic acids is 1. The van der Waals surface area contributed by atoms with Gasteiger partial charge in [0, 0.05) is 60.5 Å². The SMILES string of the molecule is COc1ccc2c(c1)c(C(=O)N1CC3C[C@H](C1)Cn1c3ccc([N+](=O)[O-])c1=O)cn2C(C)C. The zero-order valence-corrected chi connectivity index (χ0v) is 18.9. The molecule has 1 fully saturated rings. The third kappa shape index (κ3) is 3.39. The molecular weight excluding hydrogens is 424 g/mol. The van der Waals surface area contributed by atoms with E-state index in [4.69, 9.17) is 4.74 Å². The maximum atomic E-state index is 13.7. The standard InChI is InChI=1S/C24H26N4O5/c1-14(2)26-13-19(18-9-17(33-3)4-5-21(18)26)23(29)25-10-15-8-16(12-25)20-6-7-22(28(31)32)24(30)27(20)11-15/h4-7,9,13-16H,8,10-12H2,1-3H3/t15-,16?/m1/s1. The molecule has 2 aliphatic heterocycles. The van der Waals surface area contributed by atoms with E-state index in [1.54, 1.807) is 13.2 Å². The second-order valence-electron chi connectivity index (χ2n) is 9.25. The van der Waals surface area contributed by atoms with Crippen molar-refractivity contribution in [2.24, 2.45) is 5.92 Å². The van der Waals surface area contributed by atoms with Gasteiger partial charge in [0.05, 0.1) is 17.6 Å². The molecule has 4 heterocycles. The van der Waals surface area contributed by atoms with Crippen LogP contribution in [0.5, 0.6) is 5.75 Å². The zero-order chi connectivity index (χ0) is 23.4. The first-order valence-electron chi connectivity index (χ1n) is 11.1. The van der Waals surface area contributed by atoms with Crippen LogP contribution in [0, 0.1) is 16.0 Å². The van der Waals surface area contributed by atoms with Crippen molar-refractivity contribution in [1.82, 2.24) is 14.0 Å². The molecule has 0 spiro atoms. The average molecular weight is 450 g/mol. The van der Waals surface area contributed by atoms with E-state index < -0.39 is 16.2 Å². The molecule has 3 aromatic rings. The number of likely N-dealkylation sites (tertiary alicyclic amines) is 1. The number of benzene rings is 1. The van der Waals surface area contributed by atoms with Crippen molar-refractivity contribution in [3.8, 4) is 5.75 Å². The van der Waals surface area contributed by atoms with E-state index in [1.807, 2.05) is 29.3 Å². The van der Waals surface area contributed by atoms with Gasteiger partial charge in [-0.25, -0.2) is 0 Å². The third-order valence-corrected chi connectivity index (χ3v) is 6.90. The lowest BCUT2D eigenvalue weighted by Crippen LogP contribution is -2.49. The Morgan fingerprint density at radius 3 is 2.67 bits per heavy atom. The van der Waals surface area contributed by atoms with Crippen LogP contribution in [0.2, 0.25) is 0 Å². The molecule has 9 heteroatoms. The zero-order valence-electron chi connectivity index (χ0n) is 18.9. The average Bonchev–Trinajstić information content (AvgIpc) is 3.18. The van der Waals surface area contributed by atoms with Gasteiger partial charge in [-0.3, -0.25) is 19.7 Å². The van der Waals surface area contributed by atoms with E-state index in [9.17, 15) is 19.7 Å². The molecular formula is C24H26N4O5. The number of carbonyl (C=O) groups is 1. The predicted octanol–water partition coefficient (Wildman–Crippen LogP) is 3.56. The minimum absolute atomic E-state index is 0.0251. The minimum Gasteiger partial charge on any atom is -0.497 e. The molecule has 1 amide bonds. The lowest BCUT2D eigenvalue weighted by molar-refractivity contribution is -0.386. The first-order chi connectivity index (χ1) is 15.8. The Morgan fingerprint density at radius 2 is 1.97 bits per heavy atom. The fourth-order valence-electron chi connectivity index (χ4n) is 5.37. The summed E-state index contributed by atoms with van der Waals surface area (Å²) in [6, 6.07) is 8.93. The number of hydrogen-bond acceptors (Lipinski definition) is 5. The quantitative estimate of drug-likeness (QED) is 0.447. The summed E-state index contributed by atoms with van der Waals surface area (Å²) in [6.07, 6.45) is 2.78. The molecule has 1 saturated heterocycles.